The van der Waals surface area contributed by atoms with Crippen molar-refractivity contribution >= 4 is 5.97 Å². The molecule has 0 N–H and O–H groups in total. The predicted molar refractivity (Wildman–Crippen MR) is 91.9 cm³/mol. The minimum atomic E-state index is -0.0244. The highest BCUT2D eigenvalue weighted by atomic mass is 16.5. The quantitative estimate of drug-likeness (QED) is 0.625. The molecule has 1 aliphatic heterocycles. The van der Waals surface area contributed by atoms with Gasteiger partial charge in [-0.05, 0) is 39.2 Å². The van der Waals surface area contributed by atoms with E-state index in [0.717, 1.165) is 32.5 Å². The molecule has 1 aromatic carbocycles. The molecule has 0 unspecified atom stereocenters. The Morgan fingerprint density at radius 2 is 2.04 bits per heavy atom. The van der Waals surface area contributed by atoms with Crippen molar-refractivity contribution in [2.45, 2.75) is 40.2 Å². The fraction of sp³-hybridized carbons (Fsp3) is 0.550. The lowest BCUT2D eigenvalue weighted by molar-refractivity contribution is -0.150. The van der Waals surface area contributed by atoms with Crippen molar-refractivity contribution in [3.63, 3.8) is 0 Å². The van der Waals surface area contributed by atoms with E-state index in [9.17, 15) is 4.79 Å². The van der Waals surface area contributed by atoms with Crippen molar-refractivity contribution in [2.75, 3.05) is 19.7 Å². The molecule has 1 aromatic rings. The van der Waals surface area contributed by atoms with E-state index in [2.05, 4.69) is 43.0 Å². The molecular weight excluding hydrogens is 286 g/mol. The number of nitrogens with zero attached hydrogens (tertiary/aromatic N) is 1. The second-order valence-corrected chi connectivity index (χ2v) is 7.02. The number of benzene rings is 1. The van der Waals surface area contributed by atoms with Gasteiger partial charge in [0.2, 0.25) is 0 Å². The van der Waals surface area contributed by atoms with Crippen molar-refractivity contribution in [1.82, 2.24) is 4.90 Å². The maximum absolute atomic E-state index is 12.6. The fourth-order valence-corrected chi connectivity index (χ4v) is 4.36. The number of likely N-dealkylation sites (tertiary alicyclic amines) is 1. The summed E-state index contributed by atoms with van der Waals surface area (Å²) in [6.45, 7) is 9.47. The summed E-state index contributed by atoms with van der Waals surface area (Å²) in [4.78, 5) is 15.0. The second-order valence-electron chi connectivity index (χ2n) is 7.02. The van der Waals surface area contributed by atoms with Crippen LogP contribution in [0.15, 0.2) is 41.5 Å². The van der Waals surface area contributed by atoms with E-state index in [1.807, 2.05) is 13.0 Å². The first-order chi connectivity index (χ1) is 11.1. The largest absolute Gasteiger partial charge is 0.466 e. The number of ether oxygens (including phenoxy) is 1. The summed E-state index contributed by atoms with van der Waals surface area (Å²) in [7, 11) is 0. The highest BCUT2D eigenvalue weighted by molar-refractivity contribution is 5.75. The predicted octanol–water partition coefficient (Wildman–Crippen LogP) is 3.80. The van der Waals surface area contributed by atoms with Crippen LogP contribution in [0, 0.1) is 11.3 Å². The van der Waals surface area contributed by atoms with Crippen molar-refractivity contribution in [1.29, 1.82) is 0 Å². The maximum Gasteiger partial charge on any atom is 0.311 e. The zero-order valence-electron chi connectivity index (χ0n) is 14.5. The number of rotatable bonds is 4. The maximum atomic E-state index is 12.6. The molecule has 1 fully saturated rings. The van der Waals surface area contributed by atoms with Gasteiger partial charge in [-0.15, -0.1) is 0 Å². The van der Waals surface area contributed by atoms with Gasteiger partial charge >= 0.3 is 5.97 Å². The summed E-state index contributed by atoms with van der Waals surface area (Å²) in [6, 6.07) is 10.5. The van der Waals surface area contributed by atoms with Gasteiger partial charge in [-0.3, -0.25) is 9.69 Å². The summed E-state index contributed by atoms with van der Waals surface area (Å²) < 4.78 is 5.41. The van der Waals surface area contributed by atoms with Crippen LogP contribution in [0.1, 0.15) is 39.2 Å². The average molecular weight is 313 g/mol. The third-order valence-electron chi connectivity index (χ3n) is 5.77. The highest BCUT2D eigenvalue weighted by Gasteiger charge is 2.53. The lowest BCUT2D eigenvalue weighted by Crippen LogP contribution is -2.35. The van der Waals surface area contributed by atoms with Crippen molar-refractivity contribution in [3.8, 4) is 0 Å². The van der Waals surface area contributed by atoms with E-state index >= 15 is 0 Å². The zero-order valence-corrected chi connectivity index (χ0v) is 14.5. The van der Waals surface area contributed by atoms with Gasteiger partial charge in [0, 0.05) is 25.0 Å². The Hall–Kier alpha value is -1.61. The molecule has 0 aromatic heterocycles. The van der Waals surface area contributed by atoms with Crippen molar-refractivity contribution in [3.05, 3.63) is 47.0 Å². The molecule has 3 nitrogen and oxygen atoms in total. The molecule has 1 spiro atoms. The molecule has 3 rings (SSSR count). The Balaban J connectivity index is 1.84. The number of carbonyl (C=O) groups is 1. The second kappa shape index (κ2) is 6.48. The first kappa shape index (κ1) is 16.3. The molecule has 0 amide bonds. The number of hydrogen-bond acceptors (Lipinski definition) is 3. The molecule has 0 saturated carbocycles. The topological polar surface area (TPSA) is 29.5 Å². The Labute approximate surface area is 139 Å². The SMILES string of the molecule is CCOC(=O)[C@@H]1CN(Cc2ccccc2)C[C@]12CCC(C)=C2C. The lowest BCUT2D eigenvalue weighted by atomic mass is 9.73. The van der Waals surface area contributed by atoms with Crippen LogP contribution in [0.5, 0.6) is 0 Å². The Kier molecular flexibility index (Phi) is 4.58. The highest BCUT2D eigenvalue weighted by Crippen LogP contribution is 2.52. The Morgan fingerprint density at radius 3 is 2.65 bits per heavy atom. The first-order valence-electron chi connectivity index (χ1n) is 8.66. The number of esters is 1. The Bertz CT molecular complexity index is 607. The monoisotopic (exact) mass is 313 g/mol. The molecular formula is C20H27NO2. The number of hydrogen-bond donors (Lipinski definition) is 0. The molecule has 0 bridgehead atoms. The van der Waals surface area contributed by atoms with Gasteiger partial charge in [0.25, 0.3) is 0 Å². The normalized spacial score (nSPS) is 27.9. The molecule has 0 radical (unpaired) electrons. The van der Waals surface area contributed by atoms with Crippen LogP contribution in [0.4, 0.5) is 0 Å². The van der Waals surface area contributed by atoms with Crippen molar-refractivity contribution < 1.29 is 9.53 Å². The Morgan fingerprint density at radius 1 is 1.30 bits per heavy atom. The molecule has 124 valence electrons. The van der Waals surface area contributed by atoms with E-state index in [1.165, 1.54) is 16.7 Å². The van der Waals surface area contributed by atoms with Crippen LogP contribution in [0.2, 0.25) is 0 Å². The third kappa shape index (κ3) is 2.94. The van der Waals surface area contributed by atoms with Crippen LogP contribution in [-0.2, 0) is 16.1 Å². The van der Waals surface area contributed by atoms with Gasteiger partial charge in [-0.25, -0.2) is 0 Å². The van der Waals surface area contributed by atoms with Gasteiger partial charge in [0.1, 0.15) is 0 Å². The van der Waals surface area contributed by atoms with Crippen LogP contribution >= 0.6 is 0 Å². The smallest absolute Gasteiger partial charge is 0.311 e. The van der Waals surface area contributed by atoms with Crippen LogP contribution in [0.3, 0.4) is 0 Å². The molecule has 2 atom stereocenters. The molecule has 2 aliphatic rings. The number of carbonyl (C=O) groups excluding carboxylic acids is 1. The lowest BCUT2D eigenvalue weighted by Gasteiger charge is -2.31. The van der Waals surface area contributed by atoms with E-state index in [1.54, 1.807) is 0 Å². The van der Waals surface area contributed by atoms with Gasteiger partial charge < -0.3 is 4.74 Å². The van der Waals surface area contributed by atoms with Gasteiger partial charge in [-0.1, -0.05) is 41.5 Å². The molecule has 1 heterocycles. The summed E-state index contributed by atoms with van der Waals surface area (Å²) in [6.07, 6.45) is 2.19. The van der Waals surface area contributed by atoms with Crippen molar-refractivity contribution in [2.24, 2.45) is 11.3 Å². The minimum Gasteiger partial charge on any atom is -0.466 e. The van der Waals surface area contributed by atoms with E-state index in [4.69, 9.17) is 4.74 Å². The molecule has 23 heavy (non-hydrogen) atoms. The summed E-state index contributed by atoms with van der Waals surface area (Å²) >= 11 is 0. The van der Waals surface area contributed by atoms with Crippen LogP contribution in [-0.4, -0.2) is 30.6 Å². The van der Waals surface area contributed by atoms with Crippen LogP contribution in [0.25, 0.3) is 0 Å². The third-order valence-corrected chi connectivity index (χ3v) is 5.77. The van der Waals surface area contributed by atoms with Gasteiger partial charge in [-0.2, -0.15) is 0 Å². The van der Waals surface area contributed by atoms with E-state index in [-0.39, 0.29) is 17.3 Å². The first-order valence-corrected chi connectivity index (χ1v) is 8.66. The van der Waals surface area contributed by atoms with Crippen LogP contribution < -0.4 is 0 Å². The van der Waals surface area contributed by atoms with Gasteiger partial charge in [0.05, 0.1) is 12.5 Å². The number of allylic oxidation sites excluding steroid dienone is 1. The van der Waals surface area contributed by atoms with E-state index in [0.29, 0.717) is 6.61 Å². The molecule has 3 heteroatoms. The molecule has 1 saturated heterocycles. The van der Waals surface area contributed by atoms with Gasteiger partial charge in [0.15, 0.2) is 0 Å². The molecule has 1 aliphatic carbocycles. The fourth-order valence-electron chi connectivity index (χ4n) is 4.36. The van der Waals surface area contributed by atoms with E-state index < -0.39 is 0 Å². The standard InChI is InChI=1S/C20H27NO2/c1-4-23-19(22)18-13-21(12-17-8-6-5-7-9-17)14-20(18)11-10-15(2)16(20)3/h5-9,18H,4,10-14H2,1-3H3/t18-,20-/m0/s1. The minimum absolute atomic E-state index is 0.00881. The summed E-state index contributed by atoms with van der Waals surface area (Å²) in [5.41, 5.74) is 4.18. The average Bonchev–Trinajstić information content (AvgIpc) is 3.05. The zero-order chi connectivity index (χ0) is 16.4. The summed E-state index contributed by atoms with van der Waals surface area (Å²) in [5, 5.41) is 0. The summed E-state index contributed by atoms with van der Waals surface area (Å²) in [5.74, 6) is -0.0410.